The van der Waals surface area contributed by atoms with E-state index in [1.165, 1.54) is 0 Å². The number of nitrogens with zero attached hydrogens (tertiary/aromatic N) is 2. The fourth-order valence-electron chi connectivity index (χ4n) is 1.91. The Morgan fingerprint density at radius 3 is 2.26 bits per heavy atom. The molecule has 0 aliphatic rings. The van der Waals surface area contributed by atoms with Crippen molar-refractivity contribution in [1.29, 1.82) is 5.26 Å². The molecule has 0 spiro atoms. The number of nitrogens with one attached hydrogen (secondary N) is 1. The zero-order chi connectivity index (χ0) is 14.3. The molecule has 1 rings (SSSR count). The summed E-state index contributed by atoms with van der Waals surface area (Å²) in [6, 6.07) is 9.70. The summed E-state index contributed by atoms with van der Waals surface area (Å²) in [5.74, 6) is -0.817. The highest BCUT2D eigenvalue weighted by Crippen LogP contribution is 2.18. The van der Waals surface area contributed by atoms with Gasteiger partial charge in [0, 0.05) is 24.5 Å². The molecule has 4 heteroatoms. The van der Waals surface area contributed by atoms with E-state index in [9.17, 15) is 4.79 Å². The monoisotopic (exact) mass is 259 g/mol. The molecule has 1 atom stereocenters. The van der Waals surface area contributed by atoms with Gasteiger partial charge >= 0.3 is 0 Å². The van der Waals surface area contributed by atoms with E-state index in [1.807, 2.05) is 37.3 Å². The maximum absolute atomic E-state index is 11.8. The zero-order valence-electron chi connectivity index (χ0n) is 11.8. The maximum atomic E-state index is 11.8. The van der Waals surface area contributed by atoms with Crippen LogP contribution in [0.3, 0.4) is 0 Å². The highest BCUT2D eigenvalue weighted by Gasteiger charge is 2.15. The van der Waals surface area contributed by atoms with Crippen molar-refractivity contribution in [2.45, 2.75) is 27.2 Å². The molecule has 19 heavy (non-hydrogen) atoms. The molecule has 1 amide bonds. The first-order chi connectivity index (χ1) is 9.15. The van der Waals surface area contributed by atoms with Crippen LogP contribution in [-0.2, 0) is 4.79 Å². The van der Waals surface area contributed by atoms with Crippen LogP contribution in [0.2, 0.25) is 0 Å². The van der Waals surface area contributed by atoms with Crippen molar-refractivity contribution < 1.29 is 4.79 Å². The van der Waals surface area contributed by atoms with Crippen LogP contribution in [-0.4, -0.2) is 19.0 Å². The standard InChI is InChI=1S/C15H21N3O/c1-4-12(11-16)15(19)17-13-7-9-14(10-8-13)18(5-2)6-3/h7-10,12H,4-6H2,1-3H3,(H,17,19). The highest BCUT2D eigenvalue weighted by molar-refractivity contribution is 5.94. The molecule has 0 aliphatic heterocycles. The van der Waals surface area contributed by atoms with E-state index in [1.54, 1.807) is 0 Å². The van der Waals surface area contributed by atoms with Crippen molar-refractivity contribution in [3.8, 4) is 6.07 Å². The molecule has 1 unspecified atom stereocenters. The van der Waals surface area contributed by atoms with Crippen molar-refractivity contribution in [1.82, 2.24) is 0 Å². The van der Waals surface area contributed by atoms with E-state index in [4.69, 9.17) is 5.26 Å². The number of hydrogen-bond acceptors (Lipinski definition) is 3. The quantitative estimate of drug-likeness (QED) is 0.854. The van der Waals surface area contributed by atoms with Gasteiger partial charge in [-0.3, -0.25) is 4.79 Å². The van der Waals surface area contributed by atoms with E-state index in [0.29, 0.717) is 6.42 Å². The minimum absolute atomic E-state index is 0.236. The van der Waals surface area contributed by atoms with Gasteiger partial charge in [-0.05, 0) is 44.5 Å². The minimum Gasteiger partial charge on any atom is -0.372 e. The molecule has 0 aliphatic carbocycles. The van der Waals surface area contributed by atoms with E-state index in [0.717, 1.165) is 24.5 Å². The van der Waals surface area contributed by atoms with Crippen molar-refractivity contribution in [3.05, 3.63) is 24.3 Å². The Morgan fingerprint density at radius 1 is 1.26 bits per heavy atom. The highest BCUT2D eigenvalue weighted by atomic mass is 16.1. The van der Waals surface area contributed by atoms with Crippen LogP contribution in [0.4, 0.5) is 11.4 Å². The van der Waals surface area contributed by atoms with Crippen LogP contribution < -0.4 is 10.2 Å². The number of nitriles is 1. The summed E-state index contributed by atoms with van der Waals surface area (Å²) in [6.07, 6.45) is 0.528. The Hall–Kier alpha value is -2.02. The van der Waals surface area contributed by atoms with Gasteiger partial charge in [0.2, 0.25) is 5.91 Å². The van der Waals surface area contributed by atoms with Crippen LogP contribution in [0, 0.1) is 17.2 Å². The first-order valence-corrected chi connectivity index (χ1v) is 6.71. The fourth-order valence-corrected chi connectivity index (χ4v) is 1.91. The third-order valence-corrected chi connectivity index (χ3v) is 3.14. The van der Waals surface area contributed by atoms with Crippen LogP contribution in [0.1, 0.15) is 27.2 Å². The van der Waals surface area contributed by atoms with E-state index in [2.05, 4.69) is 24.1 Å². The molecular formula is C15H21N3O. The lowest BCUT2D eigenvalue weighted by atomic mass is 10.1. The lowest BCUT2D eigenvalue weighted by Gasteiger charge is -2.21. The molecule has 0 heterocycles. The molecule has 0 bridgehead atoms. The first-order valence-electron chi connectivity index (χ1n) is 6.71. The Kier molecular flexibility index (Phi) is 5.87. The van der Waals surface area contributed by atoms with Gasteiger partial charge in [-0.2, -0.15) is 5.26 Å². The number of anilines is 2. The number of amides is 1. The molecule has 0 saturated carbocycles. The van der Waals surface area contributed by atoms with Gasteiger partial charge in [-0.15, -0.1) is 0 Å². The smallest absolute Gasteiger partial charge is 0.241 e. The zero-order valence-corrected chi connectivity index (χ0v) is 11.8. The number of carbonyl (C=O) groups is 1. The molecule has 1 aromatic rings. The molecular weight excluding hydrogens is 238 g/mol. The summed E-state index contributed by atoms with van der Waals surface area (Å²) in [5.41, 5.74) is 1.87. The van der Waals surface area contributed by atoms with Crippen molar-refractivity contribution in [3.63, 3.8) is 0 Å². The summed E-state index contributed by atoms with van der Waals surface area (Å²) in [6.45, 7) is 7.95. The second kappa shape index (κ2) is 7.42. The summed E-state index contributed by atoms with van der Waals surface area (Å²) in [7, 11) is 0. The summed E-state index contributed by atoms with van der Waals surface area (Å²) >= 11 is 0. The Balaban J connectivity index is 2.72. The predicted octanol–water partition coefficient (Wildman–Crippen LogP) is 3.02. The molecule has 4 nitrogen and oxygen atoms in total. The first kappa shape index (κ1) is 15.0. The molecule has 1 aromatic carbocycles. The van der Waals surface area contributed by atoms with Gasteiger partial charge in [-0.25, -0.2) is 0 Å². The summed E-state index contributed by atoms with van der Waals surface area (Å²) < 4.78 is 0. The Bertz CT molecular complexity index is 443. The fraction of sp³-hybridized carbons (Fsp3) is 0.467. The van der Waals surface area contributed by atoms with Gasteiger partial charge in [0.05, 0.1) is 6.07 Å². The van der Waals surface area contributed by atoms with E-state index >= 15 is 0 Å². The van der Waals surface area contributed by atoms with Crippen LogP contribution in [0.5, 0.6) is 0 Å². The van der Waals surface area contributed by atoms with Gasteiger partial charge in [0.15, 0.2) is 0 Å². The number of hydrogen-bond donors (Lipinski definition) is 1. The largest absolute Gasteiger partial charge is 0.372 e. The second-order valence-corrected chi connectivity index (χ2v) is 4.30. The molecule has 1 N–H and O–H groups in total. The molecule has 0 saturated heterocycles. The topological polar surface area (TPSA) is 56.1 Å². The second-order valence-electron chi connectivity index (χ2n) is 4.30. The average molecular weight is 259 g/mol. The molecule has 0 fully saturated rings. The van der Waals surface area contributed by atoms with Crippen LogP contribution in [0.15, 0.2) is 24.3 Å². The van der Waals surface area contributed by atoms with Crippen LogP contribution >= 0.6 is 0 Å². The Morgan fingerprint density at radius 2 is 1.84 bits per heavy atom. The average Bonchev–Trinajstić information content (AvgIpc) is 2.43. The minimum atomic E-state index is -0.581. The van der Waals surface area contributed by atoms with Crippen LogP contribution in [0.25, 0.3) is 0 Å². The summed E-state index contributed by atoms with van der Waals surface area (Å²) in [5, 5.41) is 11.6. The lowest BCUT2D eigenvalue weighted by Crippen LogP contribution is -2.22. The normalized spacial score (nSPS) is 11.5. The van der Waals surface area contributed by atoms with Gasteiger partial charge in [0.25, 0.3) is 0 Å². The van der Waals surface area contributed by atoms with Gasteiger partial charge < -0.3 is 10.2 Å². The molecule has 0 aromatic heterocycles. The van der Waals surface area contributed by atoms with E-state index < -0.39 is 5.92 Å². The lowest BCUT2D eigenvalue weighted by molar-refractivity contribution is -0.118. The van der Waals surface area contributed by atoms with Gasteiger partial charge in [0.1, 0.15) is 5.92 Å². The van der Waals surface area contributed by atoms with E-state index in [-0.39, 0.29) is 5.91 Å². The van der Waals surface area contributed by atoms with Crippen molar-refractivity contribution in [2.24, 2.45) is 5.92 Å². The SMILES string of the molecule is CCC(C#N)C(=O)Nc1ccc(N(CC)CC)cc1. The number of benzene rings is 1. The Labute approximate surface area is 115 Å². The van der Waals surface area contributed by atoms with Gasteiger partial charge in [-0.1, -0.05) is 6.92 Å². The number of rotatable bonds is 6. The number of carbonyl (C=O) groups excluding carboxylic acids is 1. The molecule has 0 radical (unpaired) electrons. The third kappa shape index (κ3) is 3.99. The predicted molar refractivity (Wildman–Crippen MR) is 78.0 cm³/mol. The molecule has 102 valence electrons. The van der Waals surface area contributed by atoms with Crippen molar-refractivity contribution >= 4 is 17.3 Å². The third-order valence-electron chi connectivity index (χ3n) is 3.14. The summed E-state index contributed by atoms with van der Waals surface area (Å²) in [4.78, 5) is 14.0. The maximum Gasteiger partial charge on any atom is 0.241 e. The van der Waals surface area contributed by atoms with Crippen molar-refractivity contribution in [2.75, 3.05) is 23.3 Å².